The molecule has 0 saturated carbocycles. The van der Waals surface area contributed by atoms with E-state index in [9.17, 15) is 9.59 Å². The lowest BCUT2D eigenvalue weighted by molar-refractivity contribution is -0.155. The van der Waals surface area contributed by atoms with Crippen LogP contribution in [0.25, 0.3) is 6.08 Å². The van der Waals surface area contributed by atoms with Crippen LogP contribution in [0.3, 0.4) is 0 Å². The van der Waals surface area contributed by atoms with Crippen LogP contribution in [0.15, 0.2) is 24.3 Å². The number of benzene rings is 1. The summed E-state index contributed by atoms with van der Waals surface area (Å²) in [4.78, 5) is 22.4. The van der Waals surface area contributed by atoms with Gasteiger partial charge in [-0.05, 0) is 35.8 Å². The summed E-state index contributed by atoms with van der Waals surface area (Å²) < 4.78 is 9.31. The smallest absolute Gasteiger partial charge is 0.344 e. The van der Waals surface area contributed by atoms with E-state index >= 15 is 0 Å². The van der Waals surface area contributed by atoms with Gasteiger partial charge in [-0.3, -0.25) is 0 Å². The van der Waals surface area contributed by atoms with Crippen LogP contribution in [-0.2, 0) is 32.3 Å². The van der Waals surface area contributed by atoms with Gasteiger partial charge in [-0.2, -0.15) is 0 Å². The molecule has 21 heavy (non-hydrogen) atoms. The van der Waals surface area contributed by atoms with E-state index in [2.05, 4.69) is 9.47 Å². The van der Waals surface area contributed by atoms with Crippen LogP contribution >= 0.6 is 0 Å². The van der Waals surface area contributed by atoms with E-state index in [1.54, 1.807) is 25.1 Å². The highest BCUT2D eigenvalue weighted by molar-refractivity contribution is 5.88. The Morgan fingerprint density at radius 3 is 2.48 bits per heavy atom. The third kappa shape index (κ3) is 5.76. The maximum atomic E-state index is 11.4. The number of aliphatic hydroxyl groups excluding tert-OH is 2. The summed E-state index contributed by atoms with van der Waals surface area (Å²) in [5, 5.41) is 18.2. The van der Waals surface area contributed by atoms with Crippen molar-refractivity contribution in [2.45, 2.75) is 20.1 Å². The summed E-state index contributed by atoms with van der Waals surface area (Å²) in [5.41, 5.74) is 1.88. The fourth-order valence-corrected chi connectivity index (χ4v) is 1.60. The van der Waals surface area contributed by atoms with Crippen LogP contribution in [0.2, 0.25) is 0 Å². The normalized spacial score (nSPS) is 10.6. The molecule has 6 heteroatoms. The average Bonchev–Trinajstić information content (AvgIpc) is 2.50. The molecule has 6 nitrogen and oxygen atoms in total. The van der Waals surface area contributed by atoms with Gasteiger partial charge in [0.1, 0.15) is 0 Å². The van der Waals surface area contributed by atoms with Crippen LogP contribution in [0.4, 0.5) is 0 Å². The first-order valence-corrected chi connectivity index (χ1v) is 6.44. The first-order valence-electron chi connectivity index (χ1n) is 6.44. The molecular weight excluding hydrogens is 276 g/mol. The second kappa shape index (κ2) is 8.89. The van der Waals surface area contributed by atoms with E-state index in [4.69, 9.17) is 10.2 Å². The Morgan fingerprint density at radius 2 is 1.86 bits per heavy atom. The number of hydrogen-bond acceptors (Lipinski definition) is 6. The number of carbonyl (C=O) groups excluding carboxylic acids is 2. The van der Waals surface area contributed by atoms with Gasteiger partial charge in [-0.25, -0.2) is 9.59 Å². The molecule has 0 aliphatic carbocycles. The number of esters is 2. The van der Waals surface area contributed by atoms with Gasteiger partial charge in [0.15, 0.2) is 6.61 Å². The van der Waals surface area contributed by atoms with Crippen LogP contribution < -0.4 is 0 Å². The lowest BCUT2D eigenvalue weighted by Crippen LogP contribution is -2.15. The molecule has 0 heterocycles. The van der Waals surface area contributed by atoms with E-state index in [1.165, 1.54) is 12.2 Å². The van der Waals surface area contributed by atoms with Crippen molar-refractivity contribution in [3.63, 3.8) is 0 Å². The first-order chi connectivity index (χ1) is 10.1. The molecule has 0 radical (unpaired) electrons. The zero-order valence-electron chi connectivity index (χ0n) is 11.7. The van der Waals surface area contributed by atoms with E-state index in [0.717, 1.165) is 0 Å². The van der Waals surface area contributed by atoms with Gasteiger partial charge in [0.2, 0.25) is 0 Å². The van der Waals surface area contributed by atoms with Gasteiger partial charge in [0.25, 0.3) is 0 Å². The SMILES string of the molecule is CCOC(=O)COC(=O)C=Cc1ccc(CO)c(CO)c1. The first kappa shape index (κ1) is 16.9. The number of aliphatic hydroxyl groups is 2. The fraction of sp³-hybridized carbons (Fsp3) is 0.333. The summed E-state index contributed by atoms with van der Waals surface area (Å²) >= 11 is 0. The van der Waals surface area contributed by atoms with Crippen LogP contribution in [0.1, 0.15) is 23.6 Å². The number of rotatable bonds is 7. The maximum Gasteiger partial charge on any atom is 0.344 e. The second-order valence-corrected chi connectivity index (χ2v) is 4.09. The highest BCUT2D eigenvalue weighted by Crippen LogP contribution is 2.13. The maximum absolute atomic E-state index is 11.4. The van der Waals surface area contributed by atoms with Gasteiger partial charge in [0, 0.05) is 6.08 Å². The van der Waals surface area contributed by atoms with Crippen molar-refractivity contribution < 1.29 is 29.3 Å². The molecular formula is C15H18O6. The van der Waals surface area contributed by atoms with Gasteiger partial charge >= 0.3 is 11.9 Å². The number of hydrogen-bond donors (Lipinski definition) is 2. The largest absolute Gasteiger partial charge is 0.463 e. The van der Waals surface area contributed by atoms with Crippen molar-refractivity contribution in [2.24, 2.45) is 0 Å². The molecule has 0 bridgehead atoms. The quantitative estimate of drug-likeness (QED) is 0.570. The van der Waals surface area contributed by atoms with Crippen molar-refractivity contribution >= 4 is 18.0 Å². The highest BCUT2D eigenvalue weighted by atomic mass is 16.6. The Balaban J connectivity index is 2.59. The molecule has 0 saturated heterocycles. The van der Waals surface area contributed by atoms with Gasteiger partial charge in [0.05, 0.1) is 19.8 Å². The Labute approximate surface area is 122 Å². The summed E-state index contributed by atoms with van der Waals surface area (Å²) in [6.45, 7) is 1.09. The summed E-state index contributed by atoms with van der Waals surface area (Å²) in [7, 11) is 0. The minimum atomic E-state index is -0.667. The number of carbonyl (C=O) groups is 2. The molecule has 1 aromatic carbocycles. The molecule has 0 unspecified atom stereocenters. The molecule has 0 aliphatic rings. The number of ether oxygens (including phenoxy) is 2. The minimum Gasteiger partial charge on any atom is -0.463 e. The Hall–Kier alpha value is -2.18. The van der Waals surface area contributed by atoms with E-state index in [1.807, 2.05) is 0 Å². The molecule has 0 amide bonds. The summed E-state index contributed by atoms with van der Waals surface area (Å²) in [6, 6.07) is 5.01. The minimum absolute atomic E-state index is 0.165. The predicted molar refractivity (Wildman–Crippen MR) is 74.9 cm³/mol. The Kier molecular flexibility index (Phi) is 7.14. The lowest BCUT2D eigenvalue weighted by Gasteiger charge is -2.05. The van der Waals surface area contributed by atoms with Gasteiger partial charge < -0.3 is 19.7 Å². The molecule has 0 aromatic heterocycles. The second-order valence-electron chi connectivity index (χ2n) is 4.09. The van der Waals surface area contributed by atoms with E-state index in [0.29, 0.717) is 16.7 Å². The Morgan fingerprint density at radius 1 is 1.14 bits per heavy atom. The van der Waals surface area contributed by atoms with Crippen molar-refractivity contribution in [3.8, 4) is 0 Å². The van der Waals surface area contributed by atoms with Crippen molar-refractivity contribution in [2.75, 3.05) is 13.2 Å². The van der Waals surface area contributed by atoms with Crippen LogP contribution in [-0.4, -0.2) is 35.4 Å². The van der Waals surface area contributed by atoms with Crippen molar-refractivity contribution in [1.82, 2.24) is 0 Å². The molecule has 0 spiro atoms. The van der Waals surface area contributed by atoms with E-state index < -0.39 is 18.5 Å². The third-order valence-corrected chi connectivity index (χ3v) is 2.62. The molecule has 2 N–H and O–H groups in total. The van der Waals surface area contributed by atoms with E-state index in [-0.39, 0.29) is 19.8 Å². The predicted octanol–water partition coefficient (Wildman–Crippen LogP) is 0.791. The zero-order valence-corrected chi connectivity index (χ0v) is 11.7. The zero-order chi connectivity index (χ0) is 15.7. The highest BCUT2D eigenvalue weighted by Gasteiger charge is 2.05. The molecule has 0 atom stereocenters. The molecule has 0 fully saturated rings. The molecule has 1 aromatic rings. The average molecular weight is 294 g/mol. The molecule has 0 aliphatic heterocycles. The topological polar surface area (TPSA) is 93.1 Å². The van der Waals surface area contributed by atoms with Gasteiger partial charge in [-0.15, -0.1) is 0 Å². The standard InChI is InChI=1S/C15H18O6/c1-2-20-15(19)10-21-14(18)6-4-11-3-5-12(8-16)13(7-11)9-17/h3-7,16-17H,2,8-10H2,1H3. The van der Waals surface area contributed by atoms with Gasteiger partial charge in [-0.1, -0.05) is 12.1 Å². The molecule has 1 rings (SSSR count). The third-order valence-electron chi connectivity index (χ3n) is 2.62. The summed E-state index contributed by atoms with van der Waals surface area (Å²) in [6.07, 6.45) is 2.67. The van der Waals surface area contributed by atoms with Crippen LogP contribution in [0, 0.1) is 0 Å². The lowest BCUT2D eigenvalue weighted by atomic mass is 10.0. The molecule has 114 valence electrons. The monoisotopic (exact) mass is 294 g/mol. The Bertz CT molecular complexity index is 521. The van der Waals surface area contributed by atoms with Crippen molar-refractivity contribution in [1.29, 1.82) is 0 Å². The van der Waals surface area contributed by atoms with Crippen LogP contribution in [0.5, 0.6) is 0 Å². The summed E-state index contributed by atoms with van der Waals surface area (Å²) in [5.74, 6) is -1.27. The van der Waals surface area contributed by atoms with Crippen molar-refractivity contribution in [3.05, 3.63) is 41.0 Å². The fourth-order valence-electron chi connectivity index (χ4n) is 1.60.